The molecule has 0 spiro atoms. The van der Waals surface area contributed by atoms with Crippen LogP contribution in [0.25, 0.3) is 0 Å². The summed E-state index contributed by atoms with van der Waals surface area (Å²) in [5.74, 6) is 0.510. The van der Waals surface area contributed by atoms with E-state index in [1.807, 2.05) is 24.3 Å². The van der Waals surface area contributed by atoms with E-state index in [0.29, 0.717) is 0 Å². The molecule has 20 heavy (non-hydrogen) atoms. The Hall–Kier alpha value is -1.51. The standard InChI is InChI=1S/C17H27NO2/c1-3-4-5-6-7-9-14(2)20-16-11-8-10-15(12-16)13-17(18)19/h8,10-12,14H,3-7,9,13H2,1-2H3,(H2,18,19). The van der Waals surface area contributed by atoms with Gasteiger partial charge in [0, 0.05) is 0 Å². The van der Waals surface area contributed by atoms with Gasteiger partial charge in [-0.3, -0.25) is 4.79 Å². The maximum Gasteiger partial charge on any atom is 0.221 e. The van der Waals surface area contributed by atoms with Crippen LogP contribution in [0.15, 0.2) is 24.3 Å². The summed E-state index contributed by atoms with van der Waals surface area (Å²) in [6.07, 6.45) is 7.96. The summed E-state index contributed by atoms with van der Waals surface area (Å²) in [6, 6.07) is 7.63. The highest BCUT2D eigenvalue weighted by Crippen LogP contribution is 2.17. The highest BCUT2D eigenvalue weighted by Gasteiger charge is 2.05. The molecule has 3 heteroatoms. The van der Waals surface area contributed by atoms with E-state index >= 15 is 0 Å². The molecule has 0 saturated heterocycles. The molecule has 0 aliphatic heterocycles. The van der Waals surface area contributed by atoms with Crippen molar-refractivity contribution in [3.63, 3.8) is 0 Å². The number of carbonyl (C=O) groups excluding carboxylic acids is 1. The number of rotatable bonds is 10. The SMILES string of the molecule is CCCCCCCC(C)Oc1cccc(CC(N)=O)c1. The lowest BCUT2D eigenvalue weighted by molar-refractivity contribution is -0.117. The molecule has 1 aromatic carbocycles. The quantitative estimate of drug-likeness (QED) is 0.661. The molecule has 2 N–H and O–H groups in total. The molecule has 1 aromatic rings. The lowest BCUT2D eigenvalue weighted by atomic mass is 10.1. The molecule has 0 aliphatic rings. The second-order valence-electron chi connectivity index (χ2n) is 5.42. The normalized spacial score (nSPS) is 12.1. The first-order chi connectivity index (χ1) is 9.61. The number of hydrogen-bond acceptors (Lipinski definition) is 2. The smallest absolute Gasteiger partial charge is 0.221 e. The third-order valence-electron chi connectivity index (χ3n) is 3.33. The Morgan fingerprint density at radius 2 is 2.00 bits per heavy atom. The van der Waals surface area contributed by atoms with Crippen LogP contribution < -0.4 is 10.5 Å². The van der Waals surface area contributed by atoms with Gasteiger partial charge in [-0.05, 0) is 37.5 Å². The lowest BCUT2D eigenvalue weighted by Crippen LogP contribution is -2.14. The van der Waals surface area contributed by atoms with Crippen LogP contribution in [0.2, 0.25) is 0 Å². The average molecular weight is 277 g/mol. The van der Waals surface area contributed by atoms with Gasteiger partial charge in [-0.2, -0.15) is 0 Å². The minimum Gasteiger partial charge on any atom is -0.491 e. The molecule has 1 amide bonds. The minimum atomic E-state index is -0.314. The summed E-state index contributed by atoms with van der Waals surface area (Å²) in [7, 11) is 0. The molecule has 0 radical (unpaired) electrons. The van der Waals surface area contributed by atoms with E-state index in [4.69, 9.17) is 10.5 Å². The predicted octanol–water partition coefficient (Wildman–Crippen LogP) is 3.84. The summed E-state index contributed by atoms with van der Waals surface area (Å²) in [4.78, 5) is 10.9. The fourth-order valence-electron chi connectivity index (χ4n) is 2.26. The summed E-state index contributed by atoms with van der Waals surface area (Å²) >= 11 is 0. The number of carbonyl (C=O) groups is 1. The van der Waals surface area contributed by atoms with Crippen molar-refractivity contribution in [3.8, 4) is 5.75 Å². The zero-order valence-corrected chi connectivity index (χ0v) is 12.7. The van der Waals surface area contributed by atoms with Crippen molar-refractivity contribution >= 4 is 5.91 Å². The third kappa shape index (κ3) is 7.17. The van der Waals surface area contributed by atoms with Crippen molar-refractivity contribution in [2.24, 2.45) is 5.73 Å². The van der Waals surface area contributed by atoms with E-state index in [1.165, 1.54) is 32.1 Å². The van der Waals surface area contributed by atoms with Crippen molar-refractivity contribution in [2.45, 2.75) is 64.9 Å². The zero-order valence-electron chi connectivity index (χ0n) is 12.7. The van der Waals surface area contributed by atoms with Crippen LogP contribution in [-0.4, -0.2) is 12.0 Å². The van der Waals surface area contributed by atoms with Gasteiger partial charge in [-0.25, -0.2) is 0 Å². The monoisotopic (exact) mass is 277 g/mol. The number of hydrogen-bond donors (Lipinski definition) is 1. The van der Waals surface area contributed by atoms with Crippen molar-refractivity contribution in [1.82, 2.24) is 0 Å². The van der Waals surface area contributed by atoms with E-state index in [-0.39, 0.29) is 18.4 Å². The molecule has 1 atom stereocenters. The minimum absolute atomic E-state index is 0.209. The van der Waals surface area contributed by atoms with Crippen LogP contribution >= 0.6 is 0 Å². The lowest BCUT2D eigenvalue weighted by Gasteiger charge is -2.15. The fourth-order valence-corrected chi connectivity index (χ4v) is 2.26. The van der Waals surface area contributed by atoms with Crippen LogP contribution in [0.4, 0.5) is 0 Å². The zero-order chi connectivity index (χ0) is 14.8. The Balaban J connectivity index is 2.33. The van der Waals surface area contributed by atoms with E-state index in [2.05, 4.69) is 13.8 Å². The Morgan fingerprint density at radius 3 is 2.70 bits per heavy atom. The molecule has 0 bridgehead atoms. The van der Waals surface area contributed by atoms with Crippen molar-refractivity contribution < 1.29 is 9.53 Å². The van der Waals surface area contributed by atoms with Gasteiger partial charge in [0.05, 0.1) is 12.5 Å². The van der Waals surface area contributed by atoms with Gasteiger partial charge >= 0.3 is 0 Å². The van der Waals surface area contributed by atoms with Gasteiger partial charge in [0.15, 0.2) is 0 Å². The van der Waals surface area contributed by atoms with Gasteiger partial charge in [0.2, 0.25) is 5.91 Å². The molecular weight excluding hydrogens is 250 g/mol. The number of unbranched alkanes of at least 4 members (excludes halogenated alkanes) is 4. The van der Waals surface area contributed by atoms with E-state index in [9.17, 15) is 4.79 Å². The van der Waals surface area contributed by atoms with E-state index in [1.54, 1.807) is 0 Å². The first-order valence-corrected chi connectivity index (χ1v) is 7.65. The number of amides is 1. The summed E-state index contributed by atoms with van der Waals surface area (Å²) < 4.78 is 5.89. The van der Waals surface area contributed by atoms with E-state index < -0.39 is 0 Å². The highest BCUT2D eigenvalue weighted by molar-refractivity contribution is 5.76. The maximum atomic E-state index is 10.9. The topological polar surface area (TPSA) is 52.3 Å². The van der Waals surface area contributed by atoms with Crippen molar-refractivity contribution in [3.05, 3.63) is 29.8 Å². The number of benzene rings is 1. The molecule has 0 saturated carbocycles. The fraction of sp³-hybridized carbons (Fsp3) is 0.588. The first-order valence-electron chi connectivity index (χ1n) is 7.65. The predicted molar refractivity (Wildman–Crippen MR) is 82.8 cm³/mol. The van der Waals surface area contributed by atoms with Crippen molar-refractivity contribution in [1.29, 1.82) is 0 Å². The first kappa shape index (κ1) is 16.5. The Labute approximate surface area is 122 Å². The van der Waals surface area contributed by atoms with Gasteiger partial charge in [0.25, 0.3) is 0 Å². The molecule has 112 valence electrons. The summed E-state index contributed by atoms with van der Waals surface area (Å²) in [6.45, 7) is 4.32. The molecule has 0 fully saturated rings. The van der Waals surface area contributed by atoms with Gasteiger partial charge < -0.3 is 10.5 Å². The molecule has 1 rings (SSSR count). The number of nitrogens with two attached hydrogens (primary N) is 1. The Morgan fingerprint density at radius 1 is 1.25 bits per heavy atom. The Bertz CT molecular complexity index is 404. The highest BCUT2D eigenvalue weighted by atomic mass is 16.5. The van der Waals surface area contributed by atoms with Gasteiger partial charge in [-0.1, -0.05) is 44.7 Å². The van der Waals surface area contributed by atoms with Gasteiger partial charge in [-0.15, -0.1) is 0 Å². The maximum absolute atomic E-state index is 10.9. The Kier molecular flexibility index (Phi) is 7.78. The third-order valence-corrected chi connectivity index (χ3v) is 3.33. The molecule has 0 aromatic heterocycles. The second-order valence-corrected chi connectivity index (χ2v) is 5.42. The number of ether oxygens (including phenoxy) is 1. The second kappa shape index (κ2) is 9.40. The summed E-state index contributed by atoms with van der Waals surface area (Å²) in [5.41, 5.74) is 6.11. The molecule has 0 heterocycles. The summed E-state index contributed by atoms with van der Waals surface area (Å²) in [5, 5.41) is 0. The van der Waals surface area contributed by atoms with E-state index in [0.717, 1.165) is 17.7 Å². The molecule has 1 unspecified atom stereocenters. The van der Waals surface area contributed by atoms with Crippen LogP contribution in [0.3, 0.4) is 0 Å². The van der Waals surface area contributed by atoms with Crippen molar-refractivity contribution in [2.75, 3.05) is 0 Å². The molecular formula is C17H27NO2. The number of primary amides is 1. The largest absolute Gasteiger partial charge is 0.491 e. The van der Waals surface area contributed by atoms with Crippen LogP contribution in [-0.2, 0) is 11.2 Å². The molecule has 3 nitrogen and oxygen atoms in total. The average Bonchev–Trinajstić information content (AvgIpc) is 2.38. The van der Waals surface area contributed by atoms with Crippen LogP contribution in [0.5, 0.6) is 5.75 Å². The molecule has 0 aliphatic carbocycles. The van der Waals surface area contributed by atoms with Crippen LogP contribution in [0, 0.1) is 0 Å². The van der Waals surface area contributed by atoms with Gasteiger partial charge in [0.1, 0.15) is 5.75 Å². The van der Waals surface area contributed by atoms with Crippen LogP contribution in [0.1, 0.15) is 57.9 Å².